The Morgan fingerprint density at radius 2 is 1.90 bits per heavy atom. The van der Waals surface area contributed by atoms with Gasteiger partial charge in [0.05, 0.1) is 6.04 Å². The first-order valence-corrected chi connectivity index (χ1v) is 8.14. The van der Waals surface area contributed by atoms with E-state index in [4.69, 9.17) is 0 Å². The van der Waals surface area contributed by atoms with Gasteiger partial charge >= 0.3 is 0 Å². The summed E-state index contributed by atoms with van der Waals surface area (Å²) in [7, 11) is 1.95. The summed E-state index contributed by atoms with van der Waals surface area (Å²) >= 11 is 3.36. The Balaban J connectivity index is 1.95. The molecule has 0 aliphatic rings. The third-order valence-electron chi connectivity index (χ3n) is 3.20. The van der Waals surface area contributed by atoms with Gasteiger partial charge in [-0.2, -0.15) is 11.3 Å². The van der Waals surface area contributed by atoms with E-state index in [1.807, 2.05) is 25.2 Å². The number of nitrogens with one attached hydrogen (secondary N) is 1. The molecule has 0 saturated carbocycles. The van der Waals surface area contributed by atoms with Crippen molar-refractivity contribution in [1.29, 1.82) is 0 Å². The second-order valence-electron chi connectivity index (χ2n) is 4.55. The number of thiophene rings is 1. The molecule has 1 aromatic carbocycles. The summed E-state index contributed by atoms with van der Waals surface area (Å²) in [6, 6.07) is 10.4. The molecule has 1 unspecified atom stereocenters. The first-order chi connectivity index (χ1) is 9.79. The van der Waals surface area contributed by atoms with Gasteiger partial charge in [0, 0.05) is 10.9 Å². The van der Waals surface area contributed by atoms with Gasteiger partial charge in [-0.05, 0) is 30.5 Å². The Morgan fingerprint density at radius 3 is 2.55 bits per heavy atom. The molecule has 2 aromatic heterocycles. The average molecular weight is 301 g/mol. The van der Waals surface area contributed by atoms with E-state index in [0.717, 1.165) is 10.0 Å². The number of rotatable bonds is 4. The number of aromatic nitrogens is 2. The van der Waals surface area contributed by atoms with Gasteiger partial charge in [0.2, 0.25) is 0 Å². The number of aryl methyl sites for hydroxylation is 1. The quantitative estimate of drug-likeness (QED) is 0.794. The van der Waals surface area contributed by atoms with Gasteiger partial charge in [-0.25, -0.2) is 0 Å². The lowest BCUT2D eigenvalue weighted by Gasteiger charge is -2.12. The van der Waals surface area contributed by atoms with Crippen LogP contribution in [0.25, 0.3) is 10.6 Å². The van der Waals surface area contributed by atoms with Crippen molar-refractivity contribution in [2.75, 3.05) is 7.05 Å². The highest BCUT2D eigenvalue weighted by atomic mass is 32.1. The van der Waals surface area contributed by atoms with Crippen LogP contribution in [0.15, 0.2) is 41.1 Å². The molecule has 0 aliphatic heterocycles. The molecule has 1 N–H and O–H groups in total. The largest absolute Gasteiger partial charge is 0.307 e. The maximum Gasteiger partial charge on any atom is 0.148 e. The number of hydrogen-bond donors (Lipinski definition) is 1. The highest BCUT2D eigenvalue weighted by molar-refractivity contribution is 7.15. The zero-order valence-corrected chi connectivity index (χ0v) is 13.0. The van der Waals surface area contributed by atoms with Crippen molar-refractivity contribution in [3.05, 3.63) is 57.2 Å². The molecule has 102 valence electrons. The molecule has 0 saturated heterocycles. The Hall–Kier alpha value is -1.56. The topological polar surface area (TPSA) is 37.8 Å². The van der Waals surface area contributed by atoms with Crippen LogP contribution in [0.4, 0.5) is 0 Å². The molecule has 3 nitrogen and oxygen atoms in total. The van der Waals surface area contributed by atoms with Gasteiger partial charge in [0.15, 0.2) is 0 Å². The van der Waals surface area contributed by atoms with Crippen LogP contribution in [-0.4, -0.2) is 17.2 Å². The third-order valence-corrected chi connectivity index (χ3v) is 5.08. The molecule has 1 atom stereocenters. The molecule has 0 bridgehead atoms. The minimum absolute atomic E-state index is 0.0985. The Labute approximate surface area is 126 Å². The minimum atomic E-state index is 0.0985. The van der Waals surface area contributed by atoms with Crippen molar-refractivity contribution in [2.24, 2.45) is 0 Å². The van der Waals surface area contributed by atoms with E-state index in [1.54, 1.807) is 22.7 Å². The van der Waals surface area contributed by atoms with Crippen LogP contribution in [0.1, 0.15) is 22.2 Å². The molecule has 2 heterocycles. The fourth-order valence-electron chi connectivity index (χ4n) is 2.12. The molecule has 0 amide bonds. The van der Waals surface area contributed by atoms with Gasteiger partial charge in [0.1, 0.15) is 10.0 Å². The van der Waals surface area contributed by atoms with E-state index in [-0.39, 0.29) is 6.04 Å². The lowest BCUT2D eigenvalue weighted by atomic mass is 10.1. The van der Waals surface area contributed by atoms with Crippen LogP contribution in [-0.2, 0) is 0 Å². The van der Waals surface area contributed by atoms with Crippen LogP contribution in [0.3, 0.4) is 0 Å². The zero-order chi connectivity index (χ0) is 13.9. The summed E-state index contributed by atoms with van der Waals surface area (Å²) in [6.45, 7) is 2.11. The van der Waals surface area contributed by atoms with E-state index >= 15 is 0 Å². The lowest BCUT2D eigenvalue weighted by Crippen LogP contribution is -2.17. The maximum atomic E-state index is 4.37. The van der Waals surface area contributed by atoms with Crippen LogP contribution in [0.2, 0.25) is 0 Å². The summed E-state index contributed by atoms with van der Waals surface area (Å²) < 4.78 is 0. The first kappa shape index (κ1) is 13.4. The minimum Gasteiger partial charge on any atom is -0.307 e. The van der Waals surface area contributed by atoms with Crippen LogP contribution < -0.4 is 5.32 Å². The van der Waals surface area contributed by atoms with Gasteiger partial charge in [-0.1, -0.05) is 41.7 Å². The standard InChI is InChI=1S/C15H15N3S2/c1-10-8-19-9-12(10)14-17-18-15(20-14)13(16-2)11-6-4-3-5-7-11/h3-9,13,16H,1-2H3. The highest BCUT2D eigenvalue weighted by Gasteiger charge is 2.18. The first-order valence-electron chi connectivity index (χ1n) is 6.38. The highest BCUT2D eigenvalue weighted by Crippen LogP contribution is 2.32. The van der Waals surface area contributed by atoms with E-state index in [1.165, 1.54) is 16.7 Å². The molecular weight excluding hydrogens is 286 g/mol. The van der Waals surface area contributed by atoms with Gasteiger partial charge < -0.3 is 5.32 Å². The summed E-state index contributed by atoms with van der Waals surface area (Å²) in [5, 5.41) is 18.3. The van der Waals surface area contributed by atoms with Gasteiger partial charge in [-0.15, -0.1) is 10.2 Å². The summed E-state index contributed by atoms with van der Waals surface area (Å²) in [5.74, 6) is 0. The Kier molecular flexibility index (Phi) is 3.91. The summed E-state index contributed by atoms with van der Waals surface area (Å²) in [6.07, 6.45) is 0. The van der Waals surface area contributed by atoms with E-state index in [0.29, 0.717) is 0 Å². The second-order valence-corrected chi connectivity index (χ2v) is 6.30. The maximum absolute atomic E-state index is 4.37. The molecular formula is C15H15N3S2. The molecule has 5 heteroatoms. The zero-order valence-electron chi connectivity index (χ0n) is 11.3. The molecule has 20 heavy (non-hydrogen) atoms. The number of benzene rings is 1. The number of nitrogens with zero attached hydrogens (tertiary/aromatic N) is 2. The smallest absolute Gasteiger partial charge is 0.148 e. The summed E-state index contributed by atoms with van der Waals surface area (Å²) in [5.41, 5.74) is 3.67. The predicted octanol–water partition coefficient (Wildman–Crippen LogP) is 3.88. The van der Waals surface area contributed by atoms with Crippen molar-refractivity contribution in [3.8, 4) is 10.6 Å². The third kappa shape index (κ3) is 2.52. The lowest BCUT2D eigenvalue weighted by molar-refractivity contribution is 0.678. The van der Waals surface area contributed by atoms with Crippen LogP contribution >= 0.6 is 22.7 Å². The fraction of sp³-hybridized carbons (Fsp3) is 0.200. The van der Waals surface area contributed by atoms with Gasteiger partial charge in [-0.3, -0.25) is 0 Å². The van der Waals surface area contributed by atoms with Crippen molar-refractivity contribution < 1.29 is 0 Å². The van der Waals surface area contributed by atoms with Crippen LogP contribution in [0, 0.1) is 6.92 Å². The monoisotopic (exact) mass is 301 g/mol. The normalized spacial score (nSPS) is 12.5. The van der Waals surface area contributed by atoms with Crippen molar-refractivity contribution >= 4 is 22.7 Å². The fourth-order valence-corrected chi connectivity index (χ4v) is 4.09. The second kappa shape index (κ2) is 5.83. The average Bonchev–Trinajstić information content (AvgIpc) is 3.10. The molecule has 0 radical (unpaired) electrons. The summed E-state index contributed by atoms with van der Waals surface area (Å²) in [4.78, 5) is 0. The molecule has 0 aliphatic carbocycles. The van der Waals surface area contributed by atoms with E-state index < -0.39 is 0 Å². The predicted molar refractivity (Wildman–Crippen MR) is 85.3 cm³/mol. The molecule has 3 aromatic rings. The molecule has 0 spiro atoms. The molecule has 3 rings (SSSR count). The number of hydrogen-bond acceptors (Lipinski definition) is 5. The van der Waals surface area contributed by atoms with Crippen molar-refractivity contribution in [2.45, 2.75) is 13.0 Å². The van der Waals surface area contributed by atoms with E-state index in [9.17, 15) is 0 Å². The van der Waals surface area contributed by atoms with Crippen molar-refractivity contribution in [3.63, 3.8) is 0 Å². The Bertz CT molecular complexity index is 688. The van der Waals surface area contributed by atoms with Crippen LogP contribution in [0.5, 0.6) is 0 Å². The molecule has 0 fully saturated rings. The van der Waals surface area contributed by atoms with Gasteiger partial charge in [0.25, 0.3) is 0 Å². The SMILES string of the molecule is CNC(c1ccccc1)c1nnc(-c2cscc2C)s1. The van der Waals surface area contributed by atoms with E-state index in [2.05, 4.69) is 45.3 Å². The Morgan fingerprint density at radius 1 is 1.10 bits per heavy atom. The van der Waals surface area contributed by atoms with Crippen molar-refractivity contribution in [1.82, 2.24) is 15.5 Å².